The van der Waals surface area contributed by atoms with Crippen LogP contribution in [0.2, 0.25) is 0 Å². The van der Waals surface area contributed by atoms with Crippen LogP contribution in [0.4, 0.5) is 0 Å². The molecule has 0 bridgehead atoms. The van der Waals surface area contributed by atoms with Crippen molar-refractivity contribution in [2.75, 3.05) is 0 Å². The molecule has 0 aromatic heterocycles. The molecule has 1 amide bonds. The molecule has 1 saturated carbocycles. The van der Waals surface area contributed by atoms with Crippen molar-refractivity contribution in [1.82, 2.24) is 5.32 Å². The summed E-state index contributed by atoms with van der Waals surface area (Å²) < 4.78 is 0. The van der Waals surface area contributed by atoms with Crippen LogP contribution in [-0.4, -0.2) is 5.91 Å². The summed E-state index contributed by atoms with van der Waals surface area (Å²) >= 11 is 0. The highest BCUT2D eigenvalue weighted by atomic mass is 16.1. The molecule has 1 fully saturated rings. The van der Waals surface area contributed by atoms with Gasteiger partial charge in [-0.15, -0.1) is 0 Å². The standard InChI is InChI=1S/C14H21NO/c1-9-8-11-7-6-10-4-2-3-5-12(10)13(11)15-14(9)16/h9-10,12H,2-8H2,1H3,(H,15,16). The van der Waals surface area contributed by atoms with Crippen molar-refractivity contribution in [2.24, 2.45) is 17.8 Å². The maximum absolute atomic E-state index is 11.8. The van der Waals surface area contributed by atoms with E-state index in [9.17, 15) is 4.79 Å². The molecule has 0 aromatic rings. The fourth-order valence-electron chi connectivity index (χ4n) is 3.80. The second-order valence-electron chi connectivity index (χ2n) is 5.80. The number of hydrogen-bond acceptors (Lipinski definition) is 1. The third kappa shape index (κ3) is 1.59. The molecule has 0 saturated heterocycles. The van der Waals surface area contributed by atoms with E-state index in [0.717, 1.165) is 12.3 Å². The highest BCUT2D eigenvalue weighted by molar-refractivity contribution is 5.82. The fraction of sp³-hybridized carbons (Fsp3) is 0.786. The quantitative estimate of drug-likeness (QED) is 0.666. The van der Waals surface area contributed by atoms with Crippen molar-refractivity contribution in [3.63, 3.8) is 0 Å². The molecule has 1 N–H and O–H groups in total. The maximum atomic E-state index is 11.8. The number of nitrogens with one attached hydrogen (secondary N) is 1. The van der Waals surface area contributed by atoms with Gasteiger partial charge >= 0.3 is 0 Å². The lowest BCUT2D eigenvalue weighted by Crippen LogP contribution is -2.41. The van der Waals surface area contributed by atoms with Gasteiger partial charge in [-0.2, -0.15) is 0 Å². The lowest BCUT2D eigenvalue weighted by Gasteiger charge is -2.41. The third-order valence-corrected chi connectivity index (χ3v) is 4.74. The van der Waals surface area contributed by atoms with Gasteiger partial charge in [0.15, 0.2) is 0 Å². The SMILES string of the molecule is CC1CC2=C(NC1=O)C1CCCCC1CC2. The van der Waals surface area contributed by atoms with Crippen molar-refractivity contribution in [2.45, 2.75) is 51.9 Å². The topological polar surface area (TPSA) is 29.1 Å². The first-order valence-electron chi connectivity index (χ1n) is 6.78. The smallest absolute Gasteiger partial charge is 0.227 e. The summed E-state index contributed by atoms with van der Waals surface area (Å²) in [6, 6.07) is 0. The molecule has 3 aliphatic rings. The highest BCUT2D eigenvalue weighted by Gasteiger charge is 2.37. The first-order valence-corrected chi connectivity index (χ1v) is 6.78. The number of fused-ring (bicyclic) bond motifs is 2. The van der Waals surface area contributed by atoms with E-state index in [1.54, 1.807) is 5.57 Å². The summed E-state index contributed by atoms with van der Waals surface area (Å²) in [5, 5.41) is 3.21. The summed E-state index contributed by atoms with van der Waals surface area (Å²) in [4.78, 5) is 11.8. The van der Waals surface area contributed by atoms with Gasteiger partial charge in [-0.25, -0.2) is 0 Å². The predicted octanol–water partition coefficient (Wildman–Crippen LogP) is 3.00. The Hall–Kier alpha value is -0.790. The number of amides is 1. The Bertz CT molecular complexity index is 345. The molecular formula is C14H21NO. The van der Waals surface area contributed by atoms with E-state index in [1.807, 2.05) is 6.92 Å². The van der Waals surface area contributed by atoms with Gasteiger partial charge in [0.25, 0.3) is 0 Å². The van der Waals surface area contributed by atoms with E-state index in [0.29, 0.717) is 5.92 Å². The summed E-state index contributed by atoms with van der Waals surface area (Å²) in [5.74, 6) is 2.00. The summed E-state index contributed by atoms with van der Waals surface area (Å²) in [6.45, 7) is 2.05. The zero-order valence-electron chi connectivity index (χ0n) is 10.1. The maximum Gasteiger partial charge on any atom is 0.227 e. The van der Waals surface area contributed by atoms with E-state index in [-0.39, 0.29) is 11.8 Å². The van der Waals surface area contributed by atoms with Gasteiger partial charge in [0.2, 0.25) is 5.91 Å². The number of allylic oxidation sites excluding steroid dienone is 2. The van der Waals surface area contributed by atoms with Crippen LogP contribution in [0.3, 0.4) is 0 Å². The van der Waals surface area contributed by atoms with Crippen LogP contribution in [-0.2, 0) is 4.79 Å². The first-order chi connectivity index (χ1) is 7.75. The van der Waals surface area contributed by atoms with Gasteiger partial charge < -0.3 is 5.32 Å². The largest absolute Gasteiger partial charge is 0.329 e. The number of rotatable bonds is 0. The van der Waals surface area contributed by atoms with Crippen LogP contribution in [0.5, 0.6) is 0 Å². The average Bonchev–Trinajstić information content (AvgIpc) is 2.31. The monoisotopic (exact) mass is 219 g/mol. The number of carbonyl (C=O) groups excluding carboxylic acids is 1. The Morgan fingerprint density at radius 1 is 1.19 bits per heavy atom. The van der Waals surface area contributed by atoms with Crippen molar-refractivity contribution >= 4 is 5.91 Å². The summed E-state index contributed by atoms with van der Waals surface area (Å²) in [5.41, 5.74) is 2.91. The minimum atomic E-state index is 0.193. The Balaban J connectivity index is 1.89. The first kappa shape index (κ1) is 10.4. The van der Waals surface area contributed by atoms with E-state index in [4.69, 9.17) is 0 Å². The van der Waals surface area contributed by atoms with Crippen molar-refractivity contribution in [3.8, 4) is 0 Å². The molecule has 16 heavy (non-hydrogen) atoms. The van der Waals surface area contributed by atoms with Crippen LogP contribution in [0.25, 0.3) is 0 Å². The zero-order valence-corrected chi connectivity index (χ0v) is 10.1. The molecule has 88 valence electrons. The number of hydrogen-bond donors (Lipinski definition) is 1. The second kappa shape index (κ2) is 3.90. The van der Waals surface area contributed by atoms with Crippen LogP contribution < -0.4 is 5.32 Å². The summed E-state index contributed by atoms with van der Waals surface area (Å²) in [6.07, 6.45) is 9.06. The van der Waals surface area contributed by atoms with E-state index in [2.05, 4.69) is 5.32 Å². The molecule has 3 atom stereocenters. The summed E-state index contributed by atoms with van der Waals surface area (Å²) in [7, 11) is 0. The highest BCUT2D eigenvalue weighted by Crippen LogP contribution is 2.45. The second-order valence-corrected chi connectivity index (χ2v) is 5.80. The van der Waals surface area contributed by atoms with Crippen LogP contribution in [0.1, 0.15) is 51.9 Å². The van der Waals surface area contributed by atoms with Crippen LogP contribution in [0.15, 0.2) is 11.3 Å². The molecule has 0 spiro atoms. The molecular weight excluding hydrogens is 198 g/mol. The minimum Gasteiger partial charge on any atom is -0.329 e. The Morgan fingerprint density at radius 3 is 2.88 bits per heavy atom. The Morgan fingerprint density at radius 2 is 2.00 bits per heavy atom. The average molecular weight is 219 g/mol. The molecule has 0 aromatic carbocycles. The molecule has 0 radical (unpaired) electrons. The fourth-order valence-corrected chi connectivity index (χ4v) is 3.80. The van der Waals surface area contributed by atoms with Gasteiger partial charge in [-0.1, -0.05) is 19.8 Å². The van der Waals surface area contributed by atoms with Gasteiger partial charge in [0.05, 0.1) is 0 Å². The molecule has 2 aliphatic carbocycles. The van der Waals surface area contributed by atoms with Gasteiger partial charge in [0, 0.05) is 17.5 Å². The number of carbonyl (C=O) groups is 1. The molecule has 1 heterocycles. The van der Waals surface area contributed by atoms with Crippen LogP contribution in [0, 0.1) is 17.8 Å². The van der Waals surface area contributed by atoms with Gasteiger partial charge in [0.1, 0.15) is 0 Å². The predicted molar refractivity (Wildman–Crippen MR) is 63.6 cm³/mol. The van der Waals surface area contributed by atoms with E-state index >= 15 is 0 Å². The molecule has 3 rings (SSSR count). The Labute approximate surface area is 97.5 Å². The third-order valence-electron chi connectivity index (χ3n) is 4.74. The van der Waals surface area contributed by atoms with Crippen LogP contribution >= 0.6 is 0 Å². The Kier molecular flexibility index (Phi) is 2.53. The molecule has 3 unspecified atom stereocenters. The normalized spacial score (nSPS) is 38.8. The minimum absolute atomic E-state index is 0.193. The van der Waals surface area contributed by atoms with E-state index in [1.165, 1.54) is 44.2 Å². The lowest BCUT2D eigenvalue weighted by atomic mass is 9.68. The van der Waals surface area contributed by atoms with Gasteiger partial charge in [-0.3, -0.25) is 4.79 Å². The van der Waals surface area contributed by atoms with Crippen molar-refractivity contribution < 1.29 is 4.79 Å². The zero-order chi connectivity index (χ0) is 11.1. The van der Waals surface area contributed by atoms with Crippen molar-refractivity contribution in [1.29, 1.82) is 0 Å². The van der Waals surface area contributed by atoms with Gasteiger partial charge in [-0.05, 0) is 43.6 Å². The van der Waals surface area contributed by atoms with E-state index < -0.39 is 0 Å². The lowest BCUT2D eigenvalue weighted by molar-refractivity contribution is -0.124. The molecule has 2 heteroatoms. The molecule has 2 nitrogen and oxygen atoms in total. The van der Waals surface area contributed by atoms with Crippen molar-refractivity contribution in [3.05, 3.63) is 11.3 Å². The molecule has 1 aliphatic heterocycles.